The van der Waals surface area contributed by atoms with E-state index in [1.165, 1.54) is 0 Å². The van der Waals surface area contributed by atoms with Crippen LogP contribution in [0, 0.1) is 0 Å². The predicted molar refractivity (Wildman–Crippen MR) is 101 cm³/mol. The third-order valence-corrected chi connectivity index (χ3v) is 5.72. The van der Waals surface area contributed by atoms with Gasteiger partial charge in [-0.25, -0.2) is 9.97 Å². The molecule has 25 heavy (non-hydrogen) atoms. The average molecular weight is 355 g/mol. The smallest absolute Gasteiger partial charge is 0.268 e. The molecule has 0 bridgehead atoms. The second-order valence-electron chi connectivity index (χ2n) is 6.23. The second kappa shape index (κ2) is 7.33. The summed E-state index contributed by atoms with van der Waals surface area (Å²) in [5.74, 6) is 0.818. The van der Waals surface area contributed by atoms with Gasteiger partial charge in [0.05, 0.1) is 10.1 Å². The Labute approximate surface area is 150 Å². The summed E-state index contributed by atoms with van der Waals surface area (Å²) >= 11 is 1.57. The molecule has 0 spiro atoms. The van der Waals surface area contributed by atoms with Crippen LogP contribution in [-0.4, -0.2) is 51.5 Å². The van der Waals surface area contributed by atoms with Gasteiger partial charge >= 0.3 is 0 Å². The highest BCUT2D eigenvalue weighted by Crippen LogP contribution is 2.16. The molecule has 4 rings (SSSR count). The maximum absolute atomic E-state index is 12.3. The number of rotatable bonds is 5. The van der Waals surface area contributed by atoms with Crippen LogP contribution >= 0.6 is 11.5 Å². The summed E-state index contributed by atoms with van der Waals surface area (Å²) in [6.07, 6.45) is 4.57. The van der Waals surface area contributed by atoms with Crippen molar-refractivity contribution in [1.29, 1.82) is 0 Å². The number of piperazine rings is 1. The molecule has 0 radical (unpaired) electrons. The van der Waals surface area contributed by atoms with Gasteiger partial charge in [-0.2, -0.15) is 0 Å². The second-order valence-corrected chi connectivity index (χ2v) is 7.29. The van der Waals surface area contributed by atoms with Crippen LogP contribution in [0.5, 0.6) is 0 Å². The van der Waals surface area contributed by atoms with Gasteiger partial charge in [-0.1, -0.05) is 23.7 Å². The van der Waals surface area contributed by atoms with Crippen LogP contribution < -0.4 is 10.5 Å². The maximum Gasteiger partial charge on any atom is 0.268 e. The summed E-state index contributed by atoms with van der Waals surface area (Å²) in [6, 6.07) is 9.68. The van der Waals surface area contributed by atoms with Gasteiger partial charge in [0.2, 0.25) is 5.95 Å². The van der Waals surface area contributed by atoms with Crippen molar-refractivity contribution in [1.82, 2.24) is 18.8 Å². The summed E-state index contributed by atoms with van der Waals surface area (Å²) in [5, 5.41) is 0.837. The van der Waals surface area contributed by atoms with E-state index in [1.807, 2.05) is 34.3 Å². The number of aromatic nitrogens is 3. The lowest BCUT2D eigenvalue weighted by Gasteiger charge is -2.34. The van der Waals surface area contributed by atoms with Gasteiger partial charge in [0, 0.05) is 51.7 Å². The molecule has 1 saturated heterocycles. The molecule has 6 nitrogen and oxygen atoms in total. The third-order valence-electron chi connectivity index (χ3n) is 4.60. The molecule has 0 N–H and O–H groups in total. The average Bonchev–Trinajstić information content (AvgIpc) is 2.99. The van der Waals surface area contributed by atoms with E-state index in [2.05, 4.69) is 19.8 Å². The summed E-state index contributed by atoms with van der Waals surface area (Å²) in [6.45, 7) is 5.74. The van der Waals surface area contributed by atoms with Gasteiger partial charge in [-0.15, -0.1) is 0 Å². The van der Waals surface area contributed by atoms with E-state index in [-0.39, 0.29) is 5.56 Å². The van der Waals surface area contributed by atoms with Crippen molar-refractivity contribution in [2.75, 3.05) is 37.6 Å². The minimum Gasteiger partial charge on any atom is -0.338 e. The molecule has 7 heteroatoms. The van der Waals surface area contributed by atoms with E-state index in [0.717, 1.165) is 61.7 Å². The number of hydrogen-bond donors (Lipinski definition) is 0. The Hall–Kier alpha value is -2.25. The van der Waals surface area contributed by atoms with E-state index >= 15 is 0 Å². The van der Waals surface area contributed by atoms with Crippen LogP contribution in [-0.2, 0) is 6.54 Å². The topological polar surface area (TPSA) is 54.3 Å². The Morgan fingerprint density at radius 3 is 2.48 bits per heavy atom. The van der Waals surface area contributed by atoms with Crippen molar-refractivity contribution in [2.24, 2.45) is 0 Å². The van der Waals surface area contributed by atoms with Gasteiger partial charge in [0.15, 0.2) is 0 Å². The van der Waals surface area contributed by atoms with Gasteiger partial charge in [-0.05, 0) is 24.6 Å². The number of aryl methyl sites for hydroxylation is 1. The van der Waals surface area contributed by atoms with Crippen LogP contribution in [0.1, 0.15) is 6.42 Å². The number of hydrogen-bond acceptors (Lipinski definition) is 6. The Morgan fingerprint density at radius 1 is 0.960 bits per heavy atom. The molecule has 3 aromatic rings. The molecule has 130 valence electrons. The molecule has 1 aliphatic rings. The number of nitrogens with zero attached hydrogens (tertiary/aromatic N) is 5. The molecule has 1 fully saturated rings. The van der Waals surface area contributed by atoms with E-state index in [1.54, 1.807) is 23.9 Å². The van der Waals surface area contributed by atoms with E-state index < -0.39 is 0 Å². The monoisotopic (exact) mass is 355 g/mol. The van der Waals surface area contributed by atoms with Crippen molar-refractivity contribution in [2.45, 2.75) is 13.0 Å². The Morgan fingerprint density at radius 2 is 1.72 bits per heavy atom. The largest absolute Gasteiger partial charge is 0.338 e. The fourth-order valence-electron chi connectivity index (χ4n) is 3.23. The molecule has 2 aromatic heterocycles. The Kier molecular flexibility index (Phi) is 4.76. The van der Waals surface area contributed by atoms with E-state index in [9.17, 15) is 4.79 Å². The number of anilines is 1. The van der Waals surface area contributed by atoms with E-state index in [4.69, 9.17) is 0 Å². The molecule has 0 aliphatic carbocycles. The Balaban J connectivity index is 1.28. The first-order chi connectivity index (χ1) is 12.3. The lowest BCUT2D eigenvalue weighted by Crippen LogP contribution is -2.47. The normalized spacial score (nSPS) is 15.8. The Bertz CT molecular complexity index is 883. The van der Waals surface area contributed by atoms with Gasteiger partial charge in [0.25, 0.3) is 5.56 Å². The summed E-state index contributed by atoms with van der Waals surface area (Å²) < 4.78 is 2.96. The third kappa shape index (κ3) is 3.57. The highest BCUT2D eigenvalue weighted by molar-refractivity contribution is 7.13. The van der Waals surface area contributed by atoms with Crippen LogP contribution in [0.25, 0.3) is 10.1 Å². The minimum atomic E-state index is 0.145. The minimum absolute atomic E-state index is 0.145. The fourth-order valence-corrected chi connectivity index (χ4v) is 4.26. The van der Waals surface area contributed by atoms with Crippen molar-refractivity contribution in [3.05, 3.63) is 53.1 Å². The summed E-state index contributed by atoms with van der Waals surface area (Å²) in [7, 11) is 0. The number of fused-ring (bicyclic) bond motifs is 1. The van der Waals surface area contributed by atoms with Crippen molar-refractivity contribution < 1.29 is 0 Å². The fraction of sp³-hybridized carbons (Fsp3) is 0.389. The molecular formula is C18H21N5OS. The lowest BCUT2D eigenvalue weighted by molar-refractivity contribution is 0.250. The first-order valence-electron chi connectivity index (χ1n) is 8.64. The van der Waals surface area contributed by atoms with Gasteiger partial charge in [-0.3, -0.25) is 13.7 Å². The zero-order valence-corrected chi connectivity index (χ0v) is 14.9. The standard InChI is InChI=1S/C18H21N5OS/c24-17-15-5-1-2-6-16(15)25-23(17)10-4-9-21-11-13-22(14-12-21)18-19-7-3-8-20-18/h1-3,5-8H,4,9-14H2. The molecule has 0 amide bonds. The van der Waals surface area contributed by atoms with Crippen LogP contribution in [0.4, 0.5) is 5.95 Å². The van der Waals surface area contributed by atoms with Crippen LogP contribution in [0.15, 0.2) is 47.5 Å². The summed E-state index contributed by atoms with van der Waals surface area (Å²) in [5.41, 5.74) is 0.145. The first-order valence-corrected chi connectivity index (χ1v) is 9.42. The maximum atomic E-state index is 12.3. The molecule has 1 aromatic carbocycles. The van der Waals surface area contributed by atoms with Gasteiger partial charge < -0.3 is 4.90 Å². The molecule has 1 aliphatic heterocycles. The van der Waals surface area contributed by atoms with Crippen LogP contribution in [0.2, 0.25) is 0 Å². The van der Waals surface area contributed by atoms with Crippen molar-refractivity contribution >= 4 is 27.6 Å². The molecule has 0 unspecified atom stereocenters. The SMILES string of the molecule is O=c1c2ccccc2sn1CCCN1CCN(c2ncccn2)CC1. The van der Waals surface area contributed by atoms with E-state index in [0.29, 0.717) is 0 Å². The highest BCUT2D eigenvalue weighted by Gasteiger charge is 2.18. The zero-order valence-electron chi connectivity index (χ0n) is 14.0. The molecule has 0 saturated carbocycles. The molecule has 3 heterocycles. The molecule has 0 atom stereocenters. The van der Waals surface area contributed by atoms with Crippen molar-refractivity contribution in [3.8, 4) is 0 Å². The zero-order chi connectivity index (χ0) is 17.1. The van der Waals surface area contributed by atoms with Crippen molar-refractivity contribution in [3.63, 3.8) is 0 Å². The predicted octanol–water partition coefficient (Wildman–Crippen LogP) is 2.07. The van der Waals surface area contributed by atoms with Crippen LogP contribution in [0.3, 0.4) is 0 Å². The summed E-state index contributed by atoms with van der Waals surface area (Å²) in [4.78, 5) is 25.7. The number of benzene rings is 1. The lowest BCUT2D eigenvalue weighted by atomic mass is 10.3. The van der Waals surface area contributed by atoms with Gasteiger partial charge in [0.1, 0.15) is 0 Å². The highest BCUT2D eigenvalue weighted by atomic mass is 32.1. The molecular weight excluding hydrogens is 334 g/mol. The quantitative estimate of drug-likeness (QED) is 0.701. The first kappa shape index (κ1) is 16.2.